The smallest absolute Gasteiger partial charge is 0.337 e. The molecule has 0 spiro atoms. The van der Waals surface area contributed by atoms with Crippen molar-refractivity contribution in [2.24, 2.45) is 0 Å². The van der Waals surface area contributed by atoms with E-state index in [0.717, 1.165) is 5.69 Å². The standard InChI is InChI=1S/C20H17ClN4O3/c1-12(26)13-4-3-5-15(8-13)24-18-10-19(23-11-22-18)25-17-9-14(20(27)28-2)6-7-16(17)21/h3-11H,1-2H3,(H2,22,23,24,25). The van der Waals surface area contributed by atoms with Gasteiger partial charge in [-0.25, -0.2) is 14.8 Å². The predicted octanol–water partition coefficient (Wildman–Crippen LogP) is 4.61. The molecule has 0 aliphatic heterocycles. The molecule has 28 heavy (non-hydrogen) atoms. The summed E-state index contributed by atoms with van der Waals surface area (Å²) in [7, 11) is 1.31. The molecule has 1 heterocycles. The Balaban J connectivity index is 1.81. The Labute approximate surface area is 166 Å². The zero-order chi connectivity index (χ0) is 20.1. The number of ketones is 1. The molecule has 3 rings (SSSR count). The molecule has 0 bridgehead atoms. The molecule has 0 unspecified atom stereocenters. The lowest BCUT2D eigenvalue weighted by Crippen LogP contribution is -2.03. The third-order valence-electron chi connectivity index (χ3n) is 3.86. The molecule has 0 saturated heterocycles. The Morgan fingerprint density at radius 1 is 0.964 bits per heavy atom. The molecular formula is C20H17ClN4O3. The van der Waals surface area contributed by atoms with Crippen LogP contribution in [0, 0.1) is 0 Å². The molecule has 8 heteroatoms. The third-order valence-corrected chi connectivity index (χ3v) is 4.19. The number of carbonyl (C=O) groups is 2. The van der Waals surface area contributed by atoms with Crippen LogP contribution in [-0.2, 0) is 4.74 Å². The summed E-state index contributed by atoms with van der Waals surface area (Å²) < 4.78 is 4.72. The summed E-state index contributed by atoms with van der Waals surface area (Å²) in [5, 5.41) is 6.62. The molecule has 0 aliphatic rings. The molecule has 1 aromatic heterocycles. The van der Waals surface area contributed by atoms with Crippen LogP contribution >= 0.6 is 11.6 Å². The molecule has 0 atom stereocenters. The van der Waals surface area contributed by atoms with E-state index in [-0.39, 0.29) is 5.78 Å². The molecule has 3 aromatic rings. The molecule has 2 aromatic carbocycles. The lowest BCUT2D eigenvalue weighted by Gasteiger charge is -2.11. The first-order valence-electron chi connectivity index (χ1n) is 8.31. The highest BCUT2D eigenvalue weighted by Gasteiger charge is 2.10. The molecule has 0 aliphatic carbocycles. The lowest BCUT2D eigenvalue weighted by molar-refractivity contribution is 0.0600. The Kier molecular flexibility index (Phi) is 5.86. The minimum absolute atomic E-state index is 0.0196. The highest BCUT2D eigenvalue weighted by Crippen LogP contribution is 2.27. The number of Topliss-reactive ketones (excluding diaryl/α,β-unsaturated/α-hetero) is 1. The van der Waals surface area contributed by atoms with Gasteiger partial charge in [0.05, 0.1) is 23.4 Å². The van der Waals surface area contributed by atoms with E-state index >= 15 is 0 Å². The second kappa shape index (κ2) is 8.49. The molecular weight excluding hydrogens is 380 g/mol. The highest BCUT2D eigenvalue weighted by atomic mass is 35.5. The number of halogens is 1. The lowest BCUT2D eigenvalue weighted by atomic mass is 10.1. The fraction of sp³-hybridized carbons (Fsp3) is 0.100. The normalized spacial score (nSPS) is 10.2. The average molecular weight is 397 g/mol. The van der Waals surface area contributed by atoms with Crippen LogP contribution in [0.4, 0.5) is 23.0 Å². The number of aromatic nitrogens is 2. The van der Waals surface area contributed by atoms with Gasteiger partial charge in [0.1, 0.15) is 18.0 Å². The number of nitrogens with zero attached hydrogens (tertiary/aromatic N) is 2. The molecule has 0 fully saturated rings. The Morgan fingerprint density at radius 2 is 1.71 bits per heavy atom. The van der Waals surface area contributed by atoms with Crippen LogP contribution in [-0.4, -0.2) is 28.8 Å². The van der Waals surface area contributed by atoms with Crippen molar-refractivity contribution in [1.29, 1.82) is 0 Å². The van der Waals surface area contributed by atoms with Crippen LogP contribution < -0.4 is 10.6 Å². The number of anilines is 4. The minimum atomic E-state index is -0.463. The van der Waals surface area contributed by atoms with Gasteiger partial charge in [0.15, 0.2) is 5.78 Å². The minimum Gasteiger partial charge on any atom is -0.465 e. The van der Waals surface area contributed by atoms with Crippen LogP contribution in [0.1, 0.15) is 27.6 Å². The van der Waals surface area contributed by atoms with E-state index in [9.17, 15) is 9.59 Å². The first kappa shape index (κ1) is 19.3. The van der Waals surface area contributed by atoms with Gasteiger partial charge in [-0.3, -0.25) is 4.79 Å². The van der Waals surface area contributed by atoms with Gasteiger partial charge < -0.3 is 15.4 Å². The summed E-state index contributed by atoms with van der Waals surface area (Å²) in [5.41, 5.74) is 2.20. The molecule has 0 amide bonds. The van der Waals surface area contributed by atoms with E-state index < -0.39 is 5.97 Å². The number of hydrogen-bond acceptors (Lipinski definition) is 7. The number of nitrogens with one attached hydrogen (secondary N) is 2. The van der Waals surface area contributed by atoms with Crippen LogP contribution in [0.15, 0.2) is 54.9 Å². The van der Waals surface area contributed by atoms with E-state index in [1.807, 2.05) is 6.07 Å². The number of hydrogen-bond donors (Lipinski definition) is 2. The largest absolute Gasteiger partial charge is 0.465 e. The quantitative estimate of drug-likeness (QED) is 0.464. The average Bonchev–Trinajstić information content (AvgIpc) is 2.69. The first-order chi connectivity index (χ1) is 13.5. The molecule has 142 valence electrons. The molecule has 7 nitrogen and oxygen atoms in total. The summed E-state index contributed by atoms with van der Waals surface area (Å²) in [6, 6.07) is 13.6. The Bertz CT molecular complexity index is 1040. The van der Waals surface area contributed by atoms with Crippen molar-refractivity contribution in [3.05, 3.63) is 71.0 Å². The number of rotatable bonds is 6. The fourth-order valence-electron chi connectivity index (χ4n) is 2.46. The maximum atomic E-state index is 11.7. The van der Waals surface area contributed by atoms with E-state index in [4.69, 9.17) is 16.3 Å². The van der Waals surface area contributed by atoms with Crippen LogP contribution in [0.5, 0.6) is 0 Å². The van der Waals surface area contributed by atoms with Crippen molar-refractivity contribution in [3.63, 3.8) is 0 Å². The Morgan fingerprint density at radius 3 is 2.43 bits per heavy atom. The van der Waals surface area contributed by atoms with Crippen molar-refractivity contribution in [3.8, 4) is 0 Å². The number of methoxy groups -OCH3 is 1. The highest BCUT2D eigenvalue weighted by molar-refractivity contribution is 6.33. The van der Waals surface area contributed by atoms with Gasteiger partial charge in [-0.05, 0) is 37.3 Å². The van der Waals surface area contributed by atoms with Gasteiger partial charge in [0.25, 0.3) is 0 Å². The molecule has 0 saturated carbocycles. The second-order valence-corrected chi connectivity index (χ2v) is 6.27. The first-order valence-corrected chi connectivity index (χ1v) is 8.69. The van der Waals surface area contributed by atoms with Gasteiger partial charge in [0, 0.05) is 17.3 Å². The summed E-state index contributed by atoms with van der Waals surface area (Å²) in [6.45, 7) is 1.51. The van der Waals surface area contributed by atoms with Crippen LogP contribution in [0.2, 0.25) is 5.02 Å². The topological polar surface area (TPSA) is 93.2 Å². The van der Waals surface area contributed by atoms with Gasteiger partial charge in [-0.15, -0.1) is 0 Å². The van der Waals surface area contributed by atoms with Crippen molar-refractivity contribution in [1.82, 2.24) is 9.97 Å². The van der Waals surface area contributed by atoms with Gasteiger partial charge in [0.2, 0.25) is 0 Å². The number of esters is 1. The maximum Gasteiger partial charge on any atom is 0.337 e. The van der Waals surface area contributed by atoms with Crippen molar-refractivity contribution in [2.75, 3.05) is 17.7 Å². The summed E-state index contributed by atoms with van der Waals surface area (Å²) in [6.07, 6.45) is 1.39. The number of ether oxygens (including phenoxy) is 1. The van der Waals surface area contributed by atoms with E-state index in [0.29, 0.717) is 33.5 Å². The zero-order valence-electron chi connectivity index (χ0n) is 15.2. The monoisotopic (exact) mass is 396 g/mol. The summed E-state index contributed by atoms with van der Waals surface area (Å²) in [5.74, 6) is 0.520. The SMILES string of the molecule is COC(=O)c1ccc(Cl)c(Nc2cc(Nc3cccc(C(C)=O)c3)ncn2)c1. The van der Waals surface area contributed by atoms with Gasteiger partial charge >= 0.3 is 5.97 Å². The second-order valence-electron chi connectivity index (χ2n) is 5.86. The fourth-order valence-corrected chi connectivity index (χ4v) is 2.63. The zero-order valence-corrected chi connectivity index (χ0v) is 15.9. The van der Waals surface area contributed by atoms with Crippen molar-refractivity contribution >= 4 is 46.4 Å². The van der Waals surface area contributed by atoms with E-state index in [1.165, 1.54) is 20.4 Å². The van der Waals surface area contributed by atoms with Crippen LogP contribution in [0.3, 0.4) is 0 Å². The summed E-state index contributed by atoms with van der Waals surface area (Å²) >= 11 is 6.21. The molecule has 2 N–H and O–H groups in total. The van der Waals surface area contributed by atoms with Gasteiger partial charge in [-0.2, -0.15) is 0 Å². The molecule has 0 radical (unpaired) electrons. The van der Waals surface area contributed by atoms with Crippen molar-refractivity contribution < 1.29 is 14.3 Å². The van der Waals surface area contributed by atoms with E-state index in [2.05, 4.69) is 20.6 Å². The predicted molar refractivity (Wildman–Crippen MR) is 108 cm³/mol. The van der Waals surface area contributed by atoms with Crippen LogP contribution in [0.25, 0.3) is 0 Å². The number of benzene rings is 2. The third kappa shape index (κ3) is 4.63. The number of carbonyl (C=O) groups excluding carboxylic acids is 2. The maximum absolute atomic E-state index is 11.7. The summed E-state index contributed by atoms with van der Waals surface area (Å²) in [4.78, 5) is 31.6. The van der Waals surface area contributed by atoms with Gasteiger partial charge in [-0.1, -0.05) is 23.7 Å². The van der Waals surface area contributed by atoms with Crippen molar-refractivity contribution in [2.45, 2.75) is 6.92 Å². The van der Waals surface area contributed by atoms with E-state index in [1.54, 1.807) is 42.5 Å². The Hall–Kier alpha value is -3.45.